The van der Waals surface area contributed by atoms with Crippen LogP contribution in [0.25, 0.3) is 0 Å². The summed E-state index contributed by atoms with van der Waals surface area (Å²) in [6, 6.07) is 6.27. The third-order valence-corrected chi connectivity index (χ3v) is 2.93. The van der Waals surface area contributed by atoms with E-state index in [-0.39, 0.29) is 13.2 Å². The molecule has 25 heavy (non-hydrogen) atoms. The maximum Gasteiger partial charge on any atom is 0.412 e. The Bertz CT molecular complexity index is 585. The number of rotatable bonds is 6. The van der Waals surface area contributed by atoms with Crippen LogP contribution in [0, 0.1) is 0 Å². The zero-order valence-electron chi connectivity index (χ0n) is 15.3. The van der Waals surface area contributed by atoms with Gasteiger partial charge in [-0.2, -0.15) is 0 Å². The topological polar surface area (TPSA) is 90.9 Å². The van der Waals surface area contributed by atoms with Crippen LogP contribution in [0.15, 0.2) is 24.3 Å². The number of benzene rings is 1. The minimum atomic E-state index is -1.16. The summed E-state index contributed by atoms with van der Waals surface area (Å²) in [6.45, 7) is 8.93. The van der Waals surface area contributed by atoms with Crippen molar-refractivity contribution in [2.45, 2.75) is 46.1 Å². The lowest BCUT2D eigenvalue weighted by atomic mass is 9.99. The molecule has 0 fully saturated rings. The van der Waals surface area contributed by atoms with Gasteiger partial charge < -0.3 is 14.2 Å². The van der Waals surface area contributed by atoms with Gasteiger partial charge in [-0.15, -0.1) is 0 Å². The highest BCUT2D eigenvalue weighted by Crippen LogP contribution is 2.22. The Hall–Kier alpha value is -2.57. The van der Waals surface area contributed by atoms with E-state index in [9.17, 15) is 14.4 Å². The van der Waals surface area contributed by atoms with E-state index in [1.54, 1.807) is 58.9 Å². The molecule has 0 aliphatic carbocycles. The fourth-order valence-corrected chi connectivity index (χ4v) is 2.00. The minimum Gasteiger partial charge on any atom is -0.465 e. The summed E-state index contributed by atoms with van der Waals surface area (Å²) in [5.41, 5.74) is 0.291. The number of nitrogens with one attached hydrogen (secondary N) is 1. The van der Waals surface area contributed by atoms with E-state index in [0.717, 1.165) is 0 Å². The maximum absolute atomic E-state index is 12.1. The van der Waals surface area contributed by atoms with Gasteiger partial charge in [-0.1, -0.05) is 12.1 Å². The number of carbonyl (C=O) groups excluding carboxylic acids is 3. The lowest BCUT2D eigenvalue weighted by Gasteiger charge is -2.20. The number of amides is 1. The molecule has 1 rings (SSSR count). The van der Waals surface area contributed by atoms with Crippen molar-refractivity contribution in [3.63, 3.8) is 0 Å². The molecule has 1 amide bonds. The minimum absolute atomic E-state index is 0.160. The van der Waals surface area contributed by atoms with Gasteiger partial charge >= 0.3 is 18.0 Å². The van der Waals surface area contributed by atoms with E-state index in [1.165, 1.54) is 0 Å². The molecule has 1 N–H and O–H groups in total. The molecule has 0 bridgehead atoms. The van der Waals surface area contributed by atoms with Crippen LogP contribution in [0.2, 0.25) is 0 Å². The molecular formula is C18H25NO6. The Kier molecular flexibility index (Phi) is 7.42. The van der Waals surface area contributed by atoms with Crippen LogP contribution in [-0.4, -0.2) is 36.8 Å². The molecule has 0 spiro atoms. The fourth-order valence-electron chi connectivity index (χ4n) is 2.00. The monoisotopic (exact) mass is 351 g/mol. The first kappa shape index (κ1) is 20.5. The summed E-state index contributed by atoms with van der Waals surface area (Å²) >= 11 is 0. The molecule has 0 radical (unpaired) electrons. The fraction of sp³-hybridized carbons (Fsp3) is 0.500. The summed E-state index contributed by atoms with van der Waals surface area (Å²) in [7, 11) is 0. The molecule has 0 aliphatic rings. The SMILES string of the molecule is CCOC(=O)C(C(=O)OCC)c1ccc(NC(=O)OC(C)(C)C)cc1. The second kappa shape index (κ2) is 9.05. The van der Waals surface area contributed by atoms with Crippen LogP contribution in [-0.2, 0) is 23.8 Å². The molecular weight excluding hydrogens is 326 g/mol. The Morgan fingerprint density at radius 3 is 1.84 bits per heavy atom. The van der Waals surface area contributed by atoms with Gasteiger partial charge in [-0.05, 0) is 52.3 Å². The molecule has 0 atom stereocenters. The lowest BCUT2D eigenvalue weighted by Crippen LogP contribution is -2.27. The molecule has 1 aromatic rings. The predicted molar refractivity (Wildman–Crippen MR) is 92.3 cm³/mol. The van der Waals surface area contributed by atoms with Crippen molar-refractivity contribution < 1.29 is 28.6 Å². The highest BCUT2D eigenvalue weighted by Gasteiger charge is 2.31. The van der Waals surface area contributed by atoms with Crippen molar-refractivity contribution in [3.8, 4) is 0 Å². The van der Waals surface area contributed by atoms with Gasteiger partial charge in [0.1, 0.15) is 5.60 Å². The van der Waals surface area contributed by atoms with E-state index < -0.39 is 29.6 Å². The molecule has 7 heteroatoms. The smallest absolute Gasteiger partial charge is 0.412 e. The van der Waals surface area contributed by atoms with Crippen molar-refractivity contribution in [3.05, 3.63) is 29.8 Å². The van der Waals surface area contributed by atoms with Gasteiger partial charge in [-0.25, -0.2) is 4.79 Å². The molecule has 0 unspecified atom stereocenters. The summed E-state index contributed by atoms with van der Waals surface area (Å²) in [5.74, 6) is -2.50. The van der Waals surface area contributed by atoms with Gasteiger partial charge in [-0.3, -0.25) is 14.9 Å². The molecule has 138 valence electrons. The average Bonchev–Trinajstić information content (AvgIpc) is 2.48. The number of esters is 2. The van der Waals surface area contributed by atoms with Crippen LogP contribution in [0.3, 0.4) is 0 Å². The summed E-state index contributed by atoms with van der Waals surface area (Å²) in [5, 5.41) is 2.58. The normalized spacial score (nSPS) is 11.0. The number of hydrogen-bond acceptors (Lipinski definition) is 6. The maximum atomic E-state index is 12.1. The first-order valence-electron chi connectivity index (χ1n) is 8.11. The van der Waals surface area contributed by atoms with E-state index in [0.29, 0.717) is 11.3 Å². The highest BCUT2D eigenvalue weighted by molar-refractivity contribution is 6.01. The molecule has 0 saturated heterocycles. The van der Waals surface area contributed by atoms with Crippen molar-refractivity contribution in [1.29, 1.82) is 0 Å². The van der Waals surface area contributed by atoms with Gasteiger partial charge in [0.05, 0.1) is 13.2 Å². The van der Waals surface area contributed by atoms with E-state index in [1.807, 2.05) is 0 Å². The Labute approximate surface area is 147 Å². The molecule has 1 aromatic carbocycles. The van der Waals surface area contributed by atoms with Crippen LogP contribution in [0.1, 0.15) is 46.1 Å². The second-order valence-electron chi connectivity index (χ2n) is 6.19. The highest BCUT2D eigenvalue weighted by atomic mass is 16.6. The van der Waals surface area contributed by atoms with E-state index >= 15 is 0 Å². The predicted octanol–water partition coefficient (Wildman–Crippen LogP) is 3.24. The quantitative estimate of drug-likeness (QED) is 0.481. The van der Waals surface area contributed by atoms with Gasteiger partial charge in [0.15, 0.2) is 5.92 Å². The third kappa shape index (κ3) is 6.82. The van der Waals surface area contributed by atoms with Gasteiger partial charge in [0, 0.05) is 5.69 Å². The second-order valence-corrected chi connectivity index (χ2v) is 6.19. The zero-order valence-corrected chi connectivity index (χ0v) is 15.3. The Morgan fingerprint density at radius 1 is 0.960 bits per heavy atom. The molecule has 0 aromatic heterocycles. The Morgan fingerprint density at radius 2 is 1.44 bits per heavy atom. The molecule has 7 nitrogen and oxygen atoms in total. The largest absolute Gasteiger partial charge is 0.465 e. The van der Waals surface area contributed by atoms with Gasteiger partial charge in [0.25, 0.3) is 0 Å². The van der Waals surface area contributed by atoms with Crippen molar-refractivity contribution in [2.24, 2.45) is 0 Å². The third-order valence-electron chi connectivity index (χ3n) is 2.93. The summed E-state index contributed by atoms with van der Waals surface area (Å²) < 4.78 is 15.1. The average molecular weight is 351 g/mol. The number of ether oxygens (including phenoxy) is 3. The number of anilines is 1. The Balaban J connectivity index is 2.91. The first-order valence-corrected chi connectivity index (χ1v) is 8.11. The lowest BCUT2D eigenvalue weighted by molar-refractivity contribution is -0.156. The van der Waals surface area contributed by atoms with Gasteiger partial charge in [0.2, 0.25) is 0 Å². The van der Waals surface area contributed by atoms with Crippen LogP contribution >= 0.6 is 0 Å². The van der Waals surface area contributed by atoms with E-state index in [4.69, 9.17) is 14.2 Å². The summed E-state index contributed by atoms with van der Waals surface area (Å²) in [6.07, 6.45) is -0.590. The van der Waals surface area contributed by atoms with Crippen LogP contribution in [0.5, 0.6) is 0 Å². The zero-order chi connectivity index (χ0) is 19.0. The summed E-state index contributed by atoms with van der Waals surface area (Å²) in [4.78, 5) is 35.9. The molecule has 0 aliphatic heterocycles. The number of carbonyl (C=O) groups is 3. The number of hydrogen-bond donors (Lipinski definition) is 1. The first-order chi connectivity index (χ1) is 11.7. The van der Waals surface area contributed by atoms with Crippen LogP contribution < -0.4 is 5.32 Å². The van der Waals surface area contributed by atoms with Crippen molar-refractivity contribution in [2.75, 3.05) is 18.5 Å². The standard InChI is InChI=1S/C18H25NO6/c1-6-23-15(20)14(16(21)24-7-2)12-8-10-13(11-9-12)19-17(22)25-18(3,4)5/h8-11,14H,6-7H2,1-5H3,(H,19,22). The van der Waals surface area contributed by atoms with Crippen molar-refractivity contribution >= 4 is 23.7 Å². The van der Waals surface area contributed by atoms with Crippen LogP contribution in [0.4, 0.5) is 10.5 Å². The molecule has 0 heterocycles. The molecule has 0 saturated carbocycles. The van der Waals surface area contributed by atoms with E-state index in [2.05, 4.69) is 5.32 Å². The van der Waals surface area contributed by atoms with Crippen molar-refractivity contribution in [1.82, 2.24) is 0 Å².